The van der Waals surface area contributed by atoms with Gasteiger partial charge in [-0.15, -0.1) is 0 Å². The fourth-order valence-corrected chi connectivity index (χ4v) is 2.22. The molecular weight excluding hydrogens is 262 g/mol. The molecule has 0 heterocycles. The standard InChI is InChI=1S/C13H23N3O2S/c1-10(2)11-5-7-12(8-6-11)13(14)9-15-19(17,18)16(3)4/h5-8,10,13,15H,9,14H2,1-4H3. The molecule has 0 spiro atoms. The first-order valence-corrected chi connectivity index (χ1v) is 7.70. The average Bonchev–Trinajstić information content (AvgIpc) is 2.36. The molecule has 1 unspecified atom stereocenters. The van der Waals surface area contributed by atoms with E-state index in [2.05, 4.69) is 18.6 Å². The second kappa shape index (κ2) is 6.47. The van der Waals surface area contributed by atoms with Crippen LogP contribution in [0.2, 0.25) is 0 Å². The van der Waals surface area contributed by atoms with Crippen LogP contribution in [0.5, 0.6) is 0 Å². The molecule has 0 fully saturated rings. The van der Waals surface area contributed by atoms with Crippen LogP contribution in [-0.4, -0.2) is 33.4 Å². The lowest BCUT2D eigenvalue weighted by Gasteiger charge is -2.17. The minimum absolute atomic E-state index is 0.182. The SMILES string of the molecule is CC(C)c1ccc(C(N)CNS(=O)(=O)N(C)C)cc1. The molecule has 0 aliphatic carbocycles. The summed E-state index contributed by atoms with van der Waals surface area (Å²) in [5, 5.41) is 0. The predicted octanol–water partition coefficient (Wildman–Crippen LogP) is 1.21. The van der Waals surface area contributed by atoms with Crippen molar-refractivity contribution >= 4 is 10.2 Å². The zero-order valence-corrected chi connectivity index (χ0v) is 12.7. The third-order valence-electron chi connectivity index (χ3n) is 3.00. The highest BCUT2D eigenvalue weighted by molar-refractivity contribution is 7.87. The highest BCUT2D eigenvalue weighted by Crippen LogP contribution is 2.17. The van der Waals surface area contributed by atoms with Crippen LogP contribution in [0, 0.1) is 0 Å². The Kier molecular flexibility index (Phi) is 5.49. The van der Waals surface area contributed by atoms with Gasteiger partial charge in [0.2, 0.25) is 0 Å². The van der Waals surface area contributed by atoms with Crippen LogP contribution in [0.3, 0.4) is 0 Å². The first kappa shape index (κ1) is 16.1. The number of rotatable bonds is 6. The molecule has 1 aromatic carbocycles. The molecule has 0 radical (unpaired) electrons. The Bertz CT molecular complexity index is 495. The maximum Gasteiger partial charge on any atom is 0.278 e. The topological polar surface area (TPSA) is 75.4 Å². The number of hydrogen-bond donors (Lipinski definition) is 2. The molecule has 0 aliphatic rings. The Morgan fingerprint density at radius 3 is 2.05 bits per heavy atom. The van der Waals surface area contributed by atoms with Gasteiger partial charge in [0, 0.05) is 26.7 Å². The van der Waals surface area contributed by atoms with E-state index >= 15 is 0 Å². The van der Waals surface area contributed by atoms with Crippen molar-refractivity contribution in [1.29, 1.82) is 0 Å². The van der Waals surface area contributed by atoms with Crippen LogP contribution >= 0.6 is 0 Å². The number of benzene rings is 1. The van der Waals surface area contributed by atoms with Gasteiger partial charge in [-0.2, -0.15) is 12.7 Å². The molecule has 5 nitrogen and oxygen atoms in total. The minimum atomic E-state index is -3.42. The third-order valence-corrected chi connectivity index (χ3v) is 4.49. The van der Waals surface area contributed by atoms with Crippen LogP contribution < -0.4 is 10.5 Å². The summed E-state index contributed by atoms with van der Waals surface area (Å²) < 4.78 is 26.7. The second-order valence-electron chi connectivity index (χ2n) is 5.06. The van der Waals surface area contributed by atoms with Crippen LogP contribution in [0.4, 0.5) is 0 Å². The molecule has 108 valence electrons. The van der Waals surface area contributed by atoms with Crippen molar-refractivity contribution in [3.05, 3.63) is 35.4 Å². The van der Waals surface area contributed by atoms with Gasteiger partial charge in [-0.1, -0.05) is 38.1 Å². The Labute approximate surface area is 116 Å². The van der Waals surface area contributed by atoms with Gasteiger partial charge < -0.3 is 5.73 Å². The lowest BCUT2D eigenvalue weighted by atomic mass is 9.99. The first-order valence-electron chi connectivity index (χ1n) is 6.26. The number of nitrogens with zero attached hydrogens (tertiary/aromatic N) is 1. The smallest absolute Gasteiger partial charge is 0.278 e. The lowest BCUT2D eigenvalue weighted by molar-refractivity contribution is 0.500. The van der Waals surface area contributed by atoms with E-state index in [4.69, 9.17) is 5.73 Å². The highest BCUT2D eigenvalue weighted by atomic mass is 32.2. The van der Waals surface area contributed by atoms with E-state index in [1.807, 2.05) is 24.3 Å². The fraction of sp³-hybridized carbons (Fsp3) is 0.538. The normalized spacial score (nSPS) is 14.1. The summed E-state index contributed by atoms with van der Waals surface area (Å²) in [7, 11) is -0.465. The monoisotopic (exact) mass is 285 g/mol. The predicted molar refractivity (Wildman–Crippen MR) is 78.1 cm³/mol. The van der Waals surface area contributed by atoms with E-state index in [1.165, 1.54) is 19.7 Å². The number of nitrogens with two attached hydrogens (primary N) is 1. The Morgan fingerprint density at radius 1 is 1.16 bits per heavy atom. The molecule has 1 rings (SSSR count). The van der Waals surface area contributed by atoms with Crippen molar-refractivity contribution in [3.8, 4) is 0 Å². The van der Waals surface area contributed by atoms with Crippen molar-refractivity contribution in [2.45, 2.75) is 25.8 Å². The van der Waals surface area contributed by atoms with E-state index in [1.54, 1.807) is 0 Å². The van der Waals surface area contributed by atoms with Gasteiger partial charge in [0.15, 0.2) is 0 Å². The maximum absolute atomic E-state index is 11.6. The summed E-state index contributed by atoms with van der Waals surface area (Å²) in [4.78, 5) is 0. The van der Waals surface area contributed by atoms with Gasteiger partial charge in [0.1, 0.15) is 0 Å². The average molecular weight is 285 g/mol. The van der Waals surface area contributed by atoms with Crippen LogP contribution in [0.15, 0.2) is 24.3 Å². The molecule has 0 aromatic heterocycles. The van der Waals surface area contributed by atoms with Crippen molar-refractivity contribution in [2.75, 3.05) is 20.6 Å². The summed E-state index contributed by atoms with van der Waals surface area (Å²) in [6, 6.07) is 7.60. The quantitative estimate of drug-likeness (QED) is 0.825. The Balaban J connectivity index is 2.66. The molecule has 0 saturated heterocycles. The minimum Gasteiger partial charge on any atom is -0.323 e. The van der Waals surface area contributed by atoms with Crippen molar-refractivity contribution < 1.29 is 8.42 Å². The Morgan fingerprint density at radius 2 is 1.63 bits per heavy atom. The summed E-state index contributed by atoms with van der Waals surface area (Å²) in [5.41, 5.74) is 8.15. The van der Waals surface area contributed by atoms with Crippen LogP contribution in [-0.2, 0) is 10.2 Å². The molecule has 6 heteroatoms. The summed E-state index contributed by atoms with van der Waals surface area (Å²) in [6.07, 6.45) is 0. The van der Waals surface area contributed by atoms with E-state index in [9.17, 15) is 8.42 Å². The van der Waals surface area contributed by atoms with E-state index in [-0.39, 0.29) is 12.6 Å². The largest absolute Gasteiger partial charge is 0.323 e. The van der Waals surface area contributed by atoms with Gasteiger partial charge in [0.05, 0.1) is 0 Å². The maximum atomic E-state index is 11.6. The third kappa shape index (κ3) is 4.58. The summed E-state index contributed by atoms with van der Waals surface area (Å²) in [5.74, 6) is 0.470. The zero-order valence-electron chi connectivity index (χ0n) is 11.9. The highest BCUT2D eigenvalue weighted by Gasteiger charge is 2.15. The molecule has 0 aliphatic heterocycles. The molecular formula is C13H23N3O2S. The van der Waals surface area contributed by atoms with Gasteiger partial charge in [-0.3, -0.25) is 0 Å². The van der Waals surface area contributed by atoms with Crippen LogP contribution in [0.1, 0.15) is 36.9 Å². The van der Waals surface area contributed by atoms with Crippen LogP contribution in [0.25, 0.3) is 0 Å². The van der Waals surface area contributed by atoms with Gasteiger partial charge in [-0.25, -0.2) is 4.72 Å². The van der Waals surface area contributed by atoms with Gasteiger partial charge in [-0.05, 0) is 17.0 Å². The number of nitrogens with one attached hydrogen (secondary N) is 1. The summed E-state index contributed by atoms with van der Waals surface area (Å²) in [6.45, 7) is 4.43. The fourth-order valence-electron chi connectivity index (χ4n) is 1.57. The van der Waals surface area contributed by atoms with Crippen molar-refractivity contribution in [2.24, 2.45) is 5.73 Å². The van der Waals surface area contributed by atoms with E-state index in [0.29, 0.717) is 5.92 Å². The number of hydrogen-bond acceptors (Lipinski definition) is 3. The zero-order chi connectivity index (χ0) is 14.6. The molecule has 0 amide bonds. The first-order chi connectivity index (χ1) is 8.74. The molecule has 1 atom stereocenters. The molecule has 19 heavy (non-hydrogen) atoms. The molecule has 0 bridgehead atoms. The van der Waals surface area contributed by atoms with E-state index in [0.717, 1.165) is 9.87 Å². The van der Waals surface area contributed by atoms with Crippen molar-refractivity contribution in [3.63, 3.8) is 0 Å². The Hall–Kier alpha value is -0.950. The van der Waals surface area contributed by atoms with Crippen molar-refractivity contribution in [1.82, 2.24) is 9.03 Å². The lowest BCUT2D eigenvalue weighted by Crippen LogP contribution is -2.39. The molecule has 3 N–H and O–H groups in total. The summed E-state index contributed by atoms with van der Waals surface area (Å²) >= 11 is 0. The van der Waals surface area contributed by atoms with E-state index < -0.39 is 10.2 Å². The molecule has 1 aromatic rings. The second-order valence-corrected chi connectivity index (χ2v) is 7.03. The van der Waals surface area contributed by atoms with Gasteiger partial charge >= 0.3 is 0 Å². The molecule has 0 saturated carbocycles. The van der Waals surface area contributed by atoms with Gasteiger partial charge in [0.25, 0.3) is 10.2 Å².